The number of thiazole rings is 1. The van der Waals surface area contributed by atoms with Crippen molar-refractivity contribution in [3.05, 3.63) is 58.0 Å². The summed E-state index contributed by atoms with van der Waals surface area (Å²) in [6, 6.07) is 9.67. The Balaban J connectivity index is 1.57. The molecule has 4 aromatic rings. The lowest BCUT2D eigenvalue weighted by molar-refractivity contribution is 0.0919. The molecule has 3 aromatic heterocycles. The molecule has 0 bridgehead atoms. The van der Waals surface area contributed by atoms with Crippen LogP contribution in [0.25, 0.3) is 21.6 Å². The molecular weight excluding hydrogens is 364 g/mol. The third kappa shape index (κ3) is 3.27. The van der Waals surface area contributed by atoms with Crippen LogP contribution >= 0.6 is 22.7 Å². The van der Waals surface area contributed by atoms with Gasteiger partial charge >= 0.3 is 0 Å². The monoisotopic (exact) mass is 382 g/mol. The van der Waals surface area contributed by atoms with E-state index in [0.29, 0.717) is 5.69 Å². The molecule has 5 nitrogen and oxygen atoms in total. The van der Waals surface area contributed by atoms with E-state index in [0.717, 1.165) is 27.4 Å². The van der Waals surface area contributed by atoms with Crippen LogP contribution in [0.15, 0.2) is 46.5 Å². The second kappa shape index (κ2) is 7.01. The number of carbonyl (C=O) groups excluding carboxylic acids is 1. The van der Waals surface area contributed by atoms with Crippen molar-refractivity contribution in [2.24, 2.45) is 5.92 Å². The molecule has 0 fully saturated rings. The highest BCUT2D eigenvalue weighted by molar-refractivity contribution is 7.14. The fourth-order valence-corrected chi connectivity index (χ4v) is 4.29. The highest BCUT2D eigenvalue weighted by Crippen LogP contribution is 2.27. The number of thiophene rings is 1. The van der Waals surface area contributed by atoms with E-state index in [1.807, 2.05) is 41.1 Å². The molecule has 2 N–H and O–H groups in total. The lowest BCUT2D eigenvalue weighted by atomic mass is 10.0. The predicted molar refractivity (Wildman–Crippen MR) is 107 cm³/mol. The van der Waals surface area contributed by atoms with Crippen LogP contribution in [-0.4, -0.2) is 20.9 Å². The van der Waals surface area contributed by atoms with Gasteiger partial charge in [0.05, 0.1) is 17.1 Å². The van der Waals surface area contributed by atoms with Gasteiger partial charge in [0, 0.05) is 16.3 Å². The molecule has 4 rings (SSSR count). The van der Waals surface area contributed by atoms with Gasteiger partial charge in [0.15, 0.2) is 0 Å². The Hall–Kier alpha value is -2.51. The van der Waals surface area contributed by atoms with Crippen molar-refractivity contribution >= 4 is 39.6 Å². The number of rotatable bonds is 5. The van der Waals surface area contributed by atoms with Gasteiger partial charge in [0.2, 0.25) is 0 Å². The van der Waals surface area contributed by atoms with Gasteiger partial charge in [-0.3, -0.25) is 4.79 Å². The first-order valence-electron chi connectivity index (χ1n) is 8.35. The zero-order chi connectivity index (χ0) is 18.1. The number of amides is 1. The van der Waals surface area contributed by atoms with Crippen LogP contribution in [0.3, 0.4) is 0 Å². The summed E-state index contributed by atoms with van der Waals surface area (Å²) in [5.74, 6) is 0.777. The fourth-order valence-electron chi connectivity index (χ4n) is 2.78. The summed E-state index contributed by atoms with van der Waals surface area (Å²) in [7, 11) is 0. The summed E-state index contributed by atoms with van der Waals surface area (Å²) in [5, 5.41) is 9.79. The Morgan fingerprint density at radius 3 is 2.73 bits per heavy atom. The number of benzene rings is 1. The number of aromatic nitrogens is 3. The molecule has 0 spiro atoms. The number of imidazole rings is 1. The maximum absolute atomic E-state index is 12.7. The van der Waals surface area contributed by atoms with E-state index in [1.165, 1.54) is 11.3 Å². The molecule has 3 heterocycles. The second-order valence-corrected chi connectivity index (χ2v) is 8.02. The van der Waals surface area contributed by atoms with Gasteiger partial charge in [-0.25, -0.2) is 9.97 Å². The number of nitrogens with zero attached hydrogens (tertiary/aromatic N) is 2. The van der Waals surface area contributed by atoms with Crippen molar-refractivity contribution in [1.29, 1.82) is 0 Å². The highest BCUT2D eigenvalue weighted by atomic mass is 32.1. The minimum absolute atomic E-state index is 0.179. The summed E-state index contributed by atoms with van der Waals surface area (Å²) in [4.78, 5) is 25.2. The zero-order valence-electron chi connectivity index (χ0n) is 14.4. The summed E-state index contributed by atoms with van der Waals surface area (Å²) < 4.78 is 0. The average molecular weight is 383 g/mol. The number of H-pyrrole nitrogens is 1. The first kappa shape index (κ1) is 16.9. The standard InChI is InChI=1S/C19H18N4OS2/c1-11(2)16(17-20-13-5-3-4-6-14(13)21-17)23-18(24)15-10-26-19(22-15)12-7-8-25-9-12/h3-11,16H,1-2H3,(H,20,21)(H,23,24). The van der Waals surface area contributed by atoms with Gasteiger partial charge in [-0.1, -0.05) is 26.0 Å². The van der Waals surface area contributed by atoms with Crippen LogP contribution in [-0.2, 0) is 0 Å². The van der Waals surface area contributed by atoms with Crippen LogP contribution in [0.1, 0.15) is 36.2 Å². The van der Waals surface area contributed by atoms with Crippen LogP contribution in [0.5, 0.6) is 0 Å². The maximum atomic E-state index is 12.7. The smallest absolute Gasteiger partial charge is 0.271 e. The van der Waals surface area contributed by atoms with E-state index >= 15 is 0 Å². The topological polar surface area (TPSA) is 70.7 Å². The molecule has 0 radical (unpaired) electrons. The largest absolute Gasteiger partial charge is 0.340 e. The van der Waals surface area contributed by atoms with Crippen molar-refractivity contribution in [3.63, 3.8) is 0 Å². The highest BCUT2D eigenvalue weighted by Gasteiger charge is 2.23. The lowest BCUT2D eigenvalue weighted by Gasteiger charge is -2.19. The second-order valence-electron chi connectivity index (χ2n) is 6.38. The Kier molecular flexibility index (Phi) is 4.57. The van der Waals surface area contributed by atoms with E-state index in [9.17, 15) is 4.79 Å². The Bertz CT molecular complexity index is 1000. The Labute approximate surface area is 159 Å². The quantitative estimate of drug-likeness (QED) is 0.517. The normalized spacial score (nSPS) is 12.6. The van der Waals surface area contributed by atoms with Gasteiger partial charge in [-0.15, -0.1) is 11.3 Å². The number of carbonyl (C=O) groups is 1. The van der Waals surface area contributed by atoms with E-state index in [4.69, 9.17) is 0 Å². The summed E-state index contributed by atoms with van der Waals surface area (Å²) in [6.07, 6.45) is 0. The predicted octanol–water partition coefficient (Wildman–Crippen LogP) is 4.88. The summed E-state index contributed by atoms with van der Waals surface area (Å²) in [5.41, 5.74) is 3.36. The summed E-state index contributed by atoms with van der Waals surface area (Å²) >= 11 is 3.10. The molecule has 7 heteroatoms. The van der Waals surface area contributed by atoms with Gasteiger partial charge in [-0.05, 0) is 29.5 Å². The first-order chi connectivity index (χ1) is 12.6. The van der Waals surface area contributed by atoms with E-state index in [1.54, 1.807) is 16.7 Å². The average Bonchev–Trinajstić information content (AvgIpc) is 3.38. The summed E-state index contributed by atoms with van der Waals surface area (Å²) in [6.45, 7) is 4.13. The third-order valence-electron chi connectivity index (χ3n) is 4.16. The Morgan fingerprint density at radius 2 is 2.00 bits per heavy atom. The number of para-hydroxylation sites is 2. The number of fused-ring (bicyclic) bond motifs is 1. The van der Waals surface area contributed by atoms with Crippen molar-refractivity contribution < 1.29 is 4.79 Å². The van der Waals surface area contributed by atoms with Gasteiger partial charge in [0.1, 0.15) is 16.5 Å². The van der Waals surface area contributed by atoms with Crippen molar-refractivity contribution in [2.75, 3.05) is 0 Å². The minimum Gasteiger partial charge on any atom is -0.340 e. The first-order valence-corrected chi connectivity index (χ1v) is 10.2. The SMILES string of the molecule is CC(C)C(NC(=O)c1csc(-c2ccsc2)n1)c1nc2ccccc2[nH]1. The number of aromatic amines is 1. The molecule has 0 saturated carbocycles. The number of hydrogen-bond donors (Lipinski definition) is 2. The fraction of sp³-hybridized carbons (Fsp3) is 0.211. The van der Waals surface area contributed by atoms with Crippen molar-refractivity contribution in [2.45, 2.75) is 19.9 Å². The molecule has 0 aliphatic heterocycles. The van der Waals surface area contributed by atoms with Crippen molar-refractivity contribution in [3.8, 4) is 10.6 Å². The molecule has 0 aliphatic carbocycles. The molecular formula is C19H18N4OS2. The van der Waals surface area contributed by atoms with Gasteiger partial charge in [-0.2, -0.15) is 11.3 Å². The van der Waals surface area contributed by atoms with E-state index < -0.39 is 0 Å². The minimum atomic E-state index is -0.207. The number of hydrogen-bond acceptors (Lipinski definition) is 5. The molecule has 132 valence electrons. The lowest BCUT2D eigenvalue weighted by Crippen LogP contribution is -2.32. The molecule has 1 atom stereocenters. The molecule has 0 saturated heterocycles. The van der Waals surface area contributed by atoms with E-state index in [2.05, 4.69) is 34.1 Å². The van der Waals surface area contributed by atoms with E-state index in [-0.39, 0.29) is 17.9 Å². The van der Waals surface area contributed by atoms with Gasteiger partial charge < -0.3 is 10.3 Å². The number of nitrogens with one attached hydrogen (secondary N) is 2. The van der Waals surface area contributed by atoms with Crippen molar-refractivity contribution in [1.82, 2.24) is 20.3 Å². The van der Waals surface area contributed by atoms with Crippen LogP contribution in [0, 0.1) is 5.92 Å². The maximum Gasteiger partial charge on any atom is 0.271 e. The molecule has 0 aliphatic rings. The van der Waals surface area contributed by atoms with Gasteiger partial charge in [0.25, 0.3) is 5.91 Å². The van der Waals surface area contributed by atoms with Crippen LogP contribution in [0.4, 0.5) is 0 Å². The molecule has 1 aromatic carbocycles. The zero-order valence-corrected chi connectivity index (χ0v) is 16.0. The third-order valence-corrected chi connectivity index (χ3v) is 5.74. The molecule has 1 amide bonds. The molecule has 1 unspecified atom stereocenters. The van der Waals surface area contributed by atoms with Crippen LogP contribution < -0.4 is 5.32 Å². The van der Waals surface area contributed by atoms with Crippen LogP contribution in [0.2, 0.25) is 0 Å². The Morgan fingerprint density at radius 1 is 1.15 bits per heavy atom. The molecule has 26 heavy (non-hydrogen) atoms.